The fourth-order valence-electron chi connectivity index (χ4n) is 4.20. The number of imide groups is 1. The summed E-state index contributed by atoms with van der Waals surface area (Å²) in [4.78, 5) is 26.5. The number of carbonyl (C=O) groups is 2. The van der Waals surface area contributed by atoms with E-state index in [1.165, 1.54) is 23.2 Å². The molecule has 35 heavy (non-hydrogen) atoms. The minimum absolute atomic E-state index is 0.0538. The molecule has 0 aliphatic carbocycles. The maximum absolute atomic E-state index is 13.7. The molecule has 3 aromatic carbocycles. The Morgan fingerprint density at radius 2 is 1.77 bits per heavy atom. The fourth-order valence-corrected chi connectivity index (χ4v) is 4.38. The van der Waals surface area contributed by atoms with Crippen LogP contribution in [-0.4, -0.2) is 30.0 Å². The zero-order valence-electron chi connectivity index (χ0n) is 18.5. The Balaban J connectivity index is 1.63. The summed E-state index contributed by atoms with van der Waals surface area (Å²) in [6.07, 6.45) is 0. The summed E-state index contributed by atoms with van der Waals surface area (Å²) in [5, 5.41) is 15.6. The number of amides is 2. The second kappa shape index (κ2) is 8.78. The molecule has 3 aromatic rings. The average Bonchev–Trinajstić information content (AvgIpc) is 3.12. The molecule has 5 rings (SSSR count). The van der Waals surface area contributed by atoms with Crippen molar-refractivity contribution in [3.63, 3.8) is 0 Å². The summed E-state index contributed by atoms with van der Waals surface area (Å²) >= 11 is 5.94. The van der Waals surface area contributed by atoms with Gasteiger partial charge in [-0.2, -0.15) is 10.3 Å². The Bertz CT molecular complexity index is 1430. The van der Waals surface area contributed by atoms with Crippen LogP contribution in [-0.2, 0) is 0 Å². The van der Waals surface area contributed by atoms with Gasteiger partial charge in [0.2, 0.25) is 0 Å². The third-order valence-corrected chi connectivity index (χ3v) is 6.06. The lowest BCUT2D eigenvalue weighted by Gasteiger charge is -2.37. The van der Waals surface area contributed by atoms with E-state index < -0.39 is 17.6 Å². The number of halogens is 2. The Hall–Kier alpha value is -4.35. The first kappa shape index (κ1) is 22.4. The van der Waals surface area contributed by atoms with Crippen molar-refractivity contribution in [2.24, 2.45) is 0 Å². The zero-order valence-corrected chi connectivity index (χ0v) is 19.3. The predicted molar refractivity (Wildman–Crippen MR) is 129 cm³/mol. The normalized spacial score (nSPS) is 14.6. The minimum atomic E-state index is -0.561. The van der Waals surface area contributed by atoms with Gasteiger partial charge in [0, 0.05) is 17.3 Å². The molecule has 0 fully saturated rings. The van der Waals surface area contributed by atoms with E-state index >= 15 is 0 Å². The van der Waals surface area contributed by atoms with E-state index in [0.717, 1.165) is 5.01 Å². The molecule has 2 aliphatic rings. The molecule has 0 bridgehead atoms. The number of fused-ring (bicyclic) bond motifs is 2. The molecule has 2 heterocycles. The maximum Gasteiger partial charge on any atom is 0.280 e. The second-order valence-corrected chi connectivity index (χ2v) is 8.26. The number of hydrogen-bond donors (Lipinski definition) is 1. The third-order valence-electron chi connectivity index (χ3n) is 5.78. The minimum Gasteiger partial charge on any atom is -0.494 e. The number of nitrogens with zero attached hydrogens (tertiary/aromatic N) is 3. The van der Waals surface area contributed by atoms with Crippen molar-refractivity contribution in [1.82, 2.24) is 5.01 Å². The summed E-state index contributed by atoms with van der Waals surface area (Å²) in [5.74, 6) is -0.971. The first-order valence-corrected chi connectivity index (χ1v) is 11.2. The summed E-state index contributed by atoms with van der Waals surface area (Å²) in [6.45, 7) is 2.21. The molecule has 0 radical (unpaired) electrons. The number of hydrazine groups is 1. The molecule has 2 aliphatic heterocycles. The summed E-state index contributed by atoms with van der Waals surface area (Å²) in [5.41, 5.74) is 2.88. The Kier molecular flexibility index (Phi) is 5.63. The highest BCUT2D eigenvalue weighted by Gasteiger charge is 2.42. The number of anilines is 2. The number of nitrogens with one attached hydrogen (secondary N) is 1. The van der Waals surface area contributed by atoms with Crippen LogP contribution in [0, 0.1) is 17.1 Å². The average molecular weight is 489 g/mol. The largest absolute Gasteiger partial charge is 0.494 e. The van der Waals surface area contributed by atoms with E-state index in [0.29, 0.717) is 46.1 Å². The Morgan fingerprint density at radius 1 is 1.06 bits per heavy atom. The molecule has 0 saturated heterocycles. The van der Waals surface area contributed by atoms with Gasteiger partial charge in [-0.25, -0.2) is 4.39 Å². The predicted octanol–water partition coefficient (Wildman–Crippen LogP) is 5.26. The highest BCUT2D eigenvalue weighted by molar-refractivity contribution is 6.31. The Morgan fingerprint density at radius 3 is 2.40 bits per heavy atom. The lowest BCUT2D eigenvalue weighted by atomic mass is 9.99. The molecule has 0 unspecified atom stereocenters. The lowest BCUT2D eigenvalue weighted by molar-refractivity contribution is 0.0637. The van der Waals surface area contributed by atoms with E-state index in [1.807, 2.05) is 6.92 Å². The van der Waals surface area contributed by atoms with Gasteiger partial charge < -0.3 is 10.1 Å². The molecule has 174 valence electrons. The van der Waals surface area contributed by atoms with Gasteiger partial charge in [-0.15, -0.1) is 0 Å². The molecule has 7 nitrogen and oxygen atoms in total. The van der Waals surface area contributed by atoms with Crippen LogP contribution in [0.2, 0.25) is 5.02 Å². The molecule has 9 heteroatoms. The van der Waals surface area contributed by atoms with Crippen molar-refractivity contribution >= 4 is 40.5 Å². The van der Waals surface area contributed by atoms with Crippen molar-refractivity contribution in [1.29, 1.82) is 5.26 Å². The van der Waals surface area contributed by atoms with E-state index in [-0.39, 0.29) is 17.1 Å². The van der Waals surface area contributed by atoms with Crippen molar-refractivity contribution in [3.05, 3.63) is 93.8 Å². The molecule has 0 saturated carbocycles. The number of benzene rings is 3. The van der Waals surface area contributed by atoms with Crippen LogP contribution in [0.25, 0.3) is 5.70 Å². The molecule has 1 N–H and O–H groups in total. The van der Waals surface area contributed by atoms with Gasteiger partial charge in [0.1, 0.15) is 11.6 Å². The summed E-state index contributed by atoms with van der Waals surface area (Å²) in [7, 11) is 0. The smallest absolute Gasteiger partial charge is 0.280 e. The van der Waals surface area contributed by atoms with E-state index in [4.69, 9.17) is 16.3 Å². The van der Waals surface area contributed by atoms with Gasteiger partial charge in [0.15, 0.2) is 0 Å². The highest BCUT2D eigenvalue weighted by atomic mass is 35.5. The molecular weight excluding hydrogens is 471 g/mol. The van der Waals surface area contributed by atoms with Crippen LogP contribution in [0.1, 0.15) is 33.2 Å². The first-order valence-electron chi connectivity index (χ1n) is 10.8. The van der Waals surface area contributed by atoms with Crippen LogP contribution in [0.3, 0.4) is 0 Å². The van der Waals surface area contributed by atoms with E-state index in [1.54, 1.807) is 42.5 Å². The van der Waals surface area contributed by atoms with Gasteiger partial charge in [-0.1, -0.05) is 23.7 Å². The van der Waals surface area contributed by atoms with Crippen LogP contribution < -0.4 is 15.1 Å². The van der Waals surface area contributed by atoms with Gasteiger partial charge in [0.05, 0.1) is 52.3 Å². The quantitative estimate of drug-likeness (QED) is 0.493. The molecule has 2 amide bonds. The topological polar surface area (TPSA) is 85.7 Å². The number of hydrogen-bond acceptors (Lipinski definition) is 6. The zero-order chi connectivity index (χ0) is 24.7. The lowest BCUT2D eigenvalue weighted by Crippen LogP contribution is -2.49. The standard InChI is InChI=1S/C26H18ClFN4O3/c1-2-35-17-8-9-20-23(12-17)31(32-25(33)18-5-3-4-6-19(18)26(32)34)14-15(13-29)24(20)30-16-7-10-22(28)21(27)11-16/h3-12,30H,2,14H2,1H3. The number of nitriles is 1. The van der Waals surface area contributed by atoms with Crippen LogP contribution in [0.5, 0.6) is 5.75 Å². The van der Waals surface area contributed by atoms with Crippen molar-refractivity contribution in [2.45, 2.75) is 6.92 Å². The molecular formula is C26H18ClFN4O3. The molecule has 0 atom stereocenters. The number of ether oxygens (including phenoxy) is 1. The fraction of sp³-hybridized carbons (Fsp3) is 0.115. The maximum atomic E-state index is 13.7. The number of carbonyl (C=O) groups excluding carboxylic acids is 2. The van der Waals surface area contributed by atoms with Crippen LogP contribution in [0.4, 0.5) is 15.8 Å². The van der Waals surface area contributed by atoms with E-state index in [9.17, 15) is 19.2 Å². The van der Waals surface area contributed by atoms with Gasteiger partial charge in [-0.3, -0.25) is 14.6 Å². The van der Waals surface area contributed by atoms with Crippen molar-refractivity contribution in [3.8, 4) is 11.8 Å². The van der Waals surface area contributed by atoms with Gasteiger partial charge in [-0.05, 0) is 49.4 Å². The van der Waals surface area contributed by atoms with Crippen molar-refractivity contribution in [2.75, 3.05) is 23.5 Å². The van der Waals surface area contributed by atoms with Crippen LogP contribution in [0.15, 0.2) is 66.2 Å². The highest BCUT2D eigenvalue weighted by Crippen LogP contribution is 2.40. The SMILES string of the molecule is CCOc1ccc2c(c1)N(N1C(=O)c3ccccc3C1=O)CC(C#N)=C2Nc1ccc(F)c(Cl)c1. The van der Waals surface area contributed by atoms with Crippen LogP contribution >= 0.6 is 11.6 Å². The summed E-state index contributed by atoms with van der Waals surface area (Å²) in [6, 6.07) is 18.1. The first-order chi connectivity index (χ1) is 16.9. The molecule has 0 spiro atoms. The van der Waals surface area contributed by atoms with E-state index in [2.05, 4.69) is 11.4 Å². The van der Waals surface area contributed by atoms with Gasteiger partial charge in [0.25, 0.3) is 11.8 Å². The third kappa shape index (κ3) is 3.76. The monoisotopic (exact) mass is 488 g/mol. The van der Waals surface area contributed by atoms with Gasteiger partial charge >= 0.3 is 0 Å². The Labute approximate surface area is 205 Å². The second-order valence-electron chi connectivity index (χ2n) is 7.86. The summed E-state index contributed by atoms with van der Waals surface area (Å²) < 4.78 is 19.3. The molecule has 0 aromatic heterocycles. The van der Waals surface area contributed by atoms with Crippen molar-refractivity contribution < 1.29 is 18.7 Å². The number of rotatable bonds is 5.